The molecule has 0 fully saturated rings. The van der Waals surface area contributed by atoms with Gasteiger partial charge < -0.3 is 9.84 Å². The molecule has 0 aliphatic rings. The summed E-state index contributed by atoms with van der Waals surface area (Å²) in [5.41, 5.74) is 0.221. The minimum Gasteiger partial charge on any atom is -0.478 e. The molecule has 8 nitrogen and oxygen atoms in total. The summed E-state index contributed by atoms with van der Waals surface area (Å²) < 4.78 is 5.64. The van der Waals surface area contributed by atoms with Gasteiger partial charge in [-0.05, 0) is 6.07 Å². The third-order valence-corrected chi connectivity index (χ3v) is 2.14. The number of esters is 1. The number of pyridine rings is 1. The average molecular weight is 248 g/mol. The van der Waals surface area contributed by atoms with Crippen LogP contribution in [-0.2, 0) is 4.74 Å². The lowest BCUT2D eigenvalue weighted by molar-refractivity contribution is 0.0586. The Bertz CT molecular complexity index is 607. The summed E-state index contributed by atoms with van der Waals surface area (Å²) in [5, 5.41) is 12.8. The van der Waals surface area contributed by atoms with Crippen molar-refractivity contribution in [3.05, 3.63) is 36.2 Å². The Labute approximate surface area is 101 Å². The Morgan fingerprint density at radius 3 is 2.89 bits per heavy atom. The molecule has 0 saturated heterocycles. The van der Waals surface area contributed by atoms with Crippen LogP contribution < -0.4 is 0 Å². The van der Waals surface area contributed by atoms with Crippen molar-refractivity contribution < 1.29 is 19.4 Å². The number of nitrogens with zero attached hydrogens (tertiary/aromatic N) is 4. The average Bonchev–Trinajstić information content (AvgIpc) is 2.87. The number of carboxylic acids is 1. The van der Waals surface area contributed by atoms with Gasteiger partial charge in [-0.1, -0.05) is 0 Å². The fourth-order valence-electron chi connectivity index (χ4n) is 1.32. The second-order valence-electron chi connectivity index (χ2n) is 3.20. The Balaban J connectivity index is 2.46. The molecule has 2 aromatic rings. The molecule has 0 radical (unpaired) electrons. The molecule has 0 spiro atoms. The molecule has 0 amide bonds. The molecular weight excluding hydrogens is 240 g/mol. The summed E-state index contributed by atoms with van der Waals surface area (Å²) in [5.74, 6) is -1.99. The molecule has 0 bridgehead atoms. The largest absolute Gasteiger partial charge is 0.478 e. The highest BCUT2D eigenvalue weighted by molar-refractivity contribution is 5.91. The molecule has 0 saturated carbocycles. The number of hydrogen-bond donors (Lipinski definition) is 1. The highest BCUT2D eigenvalue weighted by Crippen LogP contribution is 2.11. The molecule has 0 aromatic carbocycles. The number of rotatable bonds is 3. The van der Waals surface area contributed by atoms with E-state index < -0.39 is 11.9 Å². The van der Waals surface area contributed by atoms with Crippen molar-refractivity contribution in [1.29, 1.82) is 0 Å². The summed E-state index contributed by atoms with van der Waals surface area (Å²) >= 11 is 0. The predicted octanol–water partition coefficient (Wildman–Crippen LogP) is 0.147. The normalized spacial score (nSPS) is 10.1. The first kappa shape index (κ1) is 11.7. The van der Waals surface area contributed by atoms with Crippen LogP contribution in [0.1, 0.15) is 21.0 Å². The molecule has 0 unspecified atom stereocenters. The van der Waals surface area contributed by atoms with E-state index in [1.807, 2.05) is 0 Å². The summed E-state index contributed by atoms with van der Waals surface area (Å²) in [4.78, 5) is 29.6. The fraction of sp³-hybridized carbons (Fsp3) is 0.100. The predicted molar refractivity (Wildman–Crippen MR) is 57.5 cm³/mol. The third-order valence-electron chi connectivity index (χ3n) is 2.14. The van der Waals surface area contributed by atoms with Gasteiger partial charge in [-0.2, -0.15) is 0 Å². The summed E-state index contributed by atoms with van der Waals surface area (Å²) in [6, 6.07) is 1.46. The smallest absolute Gasteiger partial charge is 0.377 e. The van der Waals surface area contributed by atoms with Gasteiger partial charge in [0.25, 0.3) is 5.82 Å². The van der Waals surface area contributed by atoms with Crippen LogP contribution in [0, 0.1) is 0 Å². The first-order chi connectivity index (χ1) is 8.63. The van der Waals surface area contributed by atoms with Crippen molar-refractivity contribution in [3.63, 3.8) is 0 Å². The quantitative estimate of drug-likeness (QED) is 0.770. The van der Waals surface area contributed by atoms with E-state index in [2.05, 4.69) is 19.8 Å². The van der Waals surface area contributed by atoms with Crippen LogP contribution in [0.4, 0.5) is 0 Å². The van der Waals surface area contributed by atoms with E-state index in [0.717, 1.165) is 0 Å². The van der Waals surface area contributed by atoms with Crippen LogP contribution in [0.5, 0.6) is 0 Å². The molecule has 0 aliphatic carbocycles. The number of carboxylic acid groups (broad SMARTS) is 1. The van der Waals surface area contributed by atoms with Gasteiger partial charge in [0.15, 0.2) is 0 Å². The Morgan fingerprint density at radius 2 is 2.22 bits per heavy atom. The van der Waals surface area contributed by atoms with Crippen LogP contribution in [0.25, 0.3) is 5.69 Å². The molecule has 1 N–H and O–H groups in total. The number of ether oxygens (including phenoxy) is 1. The number of hydrogen-bond acceptors (Lipinski definition) is 6. The van der Waals surface area contributed by atoms with Crippen molar-refractivity contribution >= 4 is 11.9 Å². The zero-order chi connectivity index (χ0) is 13.1. The number of methoxy groups -OCH3 is 1. The maximum atomic E-state index is 11.2. The van der Waals surface area contributed by atoms with Gasteiger partial charge in [0.1, 0.15) is 11.9 Å². The Hall–Kier alpha value is -2.77. The van der Waals surface area contributed by atoms with E-state index in [0.29, 0.717) is 0 Å². The first-order valence-corrected chi connectivity index (χ1v) is 4.81. The molecule has 92 valence electrons. The zero-order valence-corrected chi connectivity index (χ0v) is 9.27. The summed E-state index contributed by atoms with van der Waals surface area (Å²) in [7, 11) is 1.21. The minimum absolute atomic E-state index is 0.0428. The summed E-state index contributed by atoms with van der Waals surface area (Å²) in [6.07, 6.45) is 3.84. The van der Waals surface area contributed by atoms with Gasteiger partial charge in [0.05, 0.1) is 12.8 Å². The van der Waals surface area contributed by atoms with Crippen molar-refractivity contribution in [2.24, 2.45) is 0 Å². The lowest BCUT2D eigenvalue weighted by Crippen LogP contribution is -2.08. The second-order valence-corrected chi connectivity index (χ2v) is 3.20. The zero-order valence-electron chi connectivity index (χ0n) is 9.27. The highest BCUT2D eigenvalue weighted by Gasteiger charge is 2.16. The number of aromatic nitrogens is 4. The van der Waals surface area contributed by atoms with Crippen molar-refractivity contribution in [1.82, 2.24) is 19.7 Å². The fourth-order valence-corrected chi connectivity index (χ4v) is 1.32. The standard InChI is InChI=1S/C10H8N4O4/c1-18-10(17)8-12-5-14(13-8)7-2-3-11-4-6(7)9(15)16/h2-5H,1H3,(H,15,16). The highest BCUT2D eigenvalue weighted by atomic mass is 16.5. The molecule has 18 heavy (non-hydrogen) atoms. The van der Waals surface area contributed by atoms with Gasteiger partial charge in [0, 0.05) is 12.4 Å². The topological polar surface area (TPSA) is 107 Å². The molecular formula is C10H8N4O4. The van der Waals surface area contributed by atoms with E-state index >= 15 is 0 Å². The van der Waals surface area contributed by atoms with E-state index in [1.165, 1.54) is 36.6 Å². The van der Waals surface area contributed by atoms with Crippen LogP contribution in [0.2, 0.25) is 0 Å². The van der Waals surface area contributed by atoms with E-state index in [-0.39, 0.29) is 17.1 Å². The Kier molecular flexibility index (Phi) is 3.00. The van der Waals surface area contributed by atoms with E-state index in [1.54, 1.807) is 0 Å². The maximum absolute atomic E-state index is 11.2. The van der Waals surface area contributed by atoms with Crippen molar-refractivity contribution in [3.8, 4) is 5.69 Å². The third kappa shape index (κ3) is 2.03. The van der Waals surface area contributed by atoms with Crippen molar-refractivity contribution in [2.75, 3.05) is 7.11 Å². The Morgan fingerprint density at radius 1 is 1.44 bits per heavy atom. The SMILES string of the molecule is COC(=O)c1ncn(-c2ccncc2C(=O)O)n1. The van der Waals surface area contributed by atoms with Gasteiger partial charge in [-0.3, -0.25) is 4.98 Å². The molecule has 2 rings (SSSR count). The monoisotopic (exact) mass is 248 g/mol. The van der Waals surface area contributed by atoms with E-state index in [4.69, 9.17) is 5.11 Å². The lowest BCUT2D eigenvalue weighted by Gasteiger charge is -2.03. The molecule has 8 heteroatoms. The van der Waals surface area contributed by atoms with Gasteiger partial charge in [-0.15, -0.1) is 5.10 Å². The van der Waals surface area contributed by atoms with Crippen LogP contribution in [0.3, 0.4) is 0 Å². The molecule has 2 heterocycles. The van der Waals surface area contributed by atoms with Gasteiger partial charge >= 0.3 is 11.9 Å². The van der Waals surface area contributed by atoms with E-state index in [9.17, 15) is 9.59 Å². The maximum Gasteiger partial charge on any atom is 0.377 e. The van der Waals surface area contributed by atoms with Crippen LogP contribution >= 0.6 is 0 Å². The second kappa shape index (κ2) is 4.62. The number of carbonyl (C=O) groups is 2. The van der Waals surface area contributed by atoms with Crippen LogP contribution in [-0.4, -0.2) is 43.9 Å². The van der Waals surface area contributed by atoms with Crippen LogP contribution in [0.15, 0.2) is 24.8 Å². The number of carbonyl (C=O) groups excluding carboxylic acids is 1. The van der Waals surface area contributed by atoms with Gasteiger partial charge in [-0.25, -0.2) is 19.3 Å². The number of aromatic carboxylic acids is 1. The molecule has 0 atom stereocenters. The molecule has 2 aromatic heterocycles. The first-order valence-electron chi connectivity index (χ1n) is 4.81. The minimum atomic E-state index is -1.15. The van der Waals surface area contributed by atoms with Gasteiger partial charge in [0.2, 0.25) is 0 Å². The summed E-state index contributed by atoms with van der Waals surface area (Å²) in [6.45, 7) is 0. The van der Waals surface area contributed by atoms with Crippen molar-refractivity contribution in [2.45, 2.75) is 0 Å². The lowest BCUT2D eigenvalue weighted by atomic mass is 10.2. The molecule has 0 aliphatic heterocycles.